The molecule has 0 bridgehead atoms. The van der Waals surface area contributed by atoms with E-state index >= 15 is 0 Å². The van der Waals surface area contributed by atoms with Gasteiger partial charge in [0.1, 0.15) is 0 Å². The maximum atomic E-state index is 11.8. The van der Waals surface area contributed by atoms with Crippen LogP contribution in [0.1, 0.15) is 44.9 Å². The van der Waals surface area contributed by atoms with Crippen molar-refractivity contribution in [3.63, 3.8) is 0 Å². The fraction of sp³-hybridized carbons (Fsp3) is 0.833. The van der Waals surface area contributed by atoms with E-state index in [4.69, 9.17) is 11.5 Å². The van der Waals surface area contributed by atoms with Crippen LogP contribution in [0.3, 0.4) is 0 Å². The third-order valence-electron chi connectivity index (χ3n) is 3.29. The van der Waals surface area contributed by atoms with E-state index < -0.39 is 0 Å². The van der Waals surface area contributed by atoms with Crippen LogP contribution in [0, 0.1) is 5.92 Å². The lowest BCUT2D eigenvalue weighted by Gasteiger charge is -2.25. The van der Waals surface area contributed by atoms with Crippen LogP contribution >= 0.6 is 0 Å². The van der Waals surface area contributed by atoms with E-state index in [1.165, 1.54) is 0 Å². The van der Waals surface area contributed by atoms with Crippen LogP contribution < -0.4 is 16.8 Å². The van der Waals surface area contributed by atoms with Crippen molar-refractivity contribution in [2.45, 2.75) is 51.0 Å². The van der Waals surface area contributed by atoms with Gasteiger partial charge in [0.15, 0.2) is 0 Å². The van der Waals surface area contributed by atoms with Gasteiger partial charge in [-0.2, -0.15) is 0 Å². The maximum absolute atomic E-state index is 11.8. The molecule has 1 aliphatic carbocycles. The van der Waals surface area contributed by atoms with Crippen LogP contribution in [0.5, 0.6) is 0 Å². The standard InChI is InChI=1S/C12H23N3O2/c13-10-6-4-9(5-7-10)12(17)15-8-2-1-3-11(14)16/h9-10H,1-8,13H2,(H2,14,16)(H,15,17). The second-order valence-electron chi connectivity index (χ2n) is 4.83. The Labute approximate surface area is 102 Å². The molecule has 2 amide bonds. The van der Waals surface area contributed by atoms with E-state index in [-0.39, 0.29) is 23.8 Å². The number of hydrogen-bond donors (Lipinski definition) is 3. The summed E-state index contributed by atoms with van der Waals surface area (Å²) >= 11 is 0. The normalized spacial score (nSPS) is 24.3. The lowest BCUT2D eigenvalue weighted by Crippen LogP contribution is -2.36. The summed E-state index contributed by atoms with van der Waals surface area (Å²) < 4.78 is 0. The Morgan fingerprint density at radius 2 is 1.76 bits per heavy atom. The SMILES string of the molecule is NC(=O)CCCCNC(=O)C1CCC(N)CC1. The highest BCUT2D eigenvalue weighted by Crippen LogP contribution is 2.23. The second-order valence-corrected chi connectivity index (χ2v) is 4.83. The molecule has 0 atom stereocenters. The predicted molar refractivity (Wildman–Crippen MR) is 66.0 cm³/mol. The number of hydrogen-bond acceptors (Lipinski definition) is 3. The number of unbranched alkanes of at least 4 members (excludes halogenated alkanes) is 1. The van der Waals surface area contributed by atoms with Crippen molar-refractivity contribution in [2.24, 2.45) is 17.4 Å². The first-order valence-electron chi connectivity index (χ1n) is 6.41. The van der Waals surface area contributed by atoms with Gasteiger partial charge < -0.3 is 16.8 Å². The molecule has 1 saturated carbocycles. The Balaban J connectivity index is 2.06. The van der Waals surface area contributed by atoms with E-state index in [1.807, 2.05) is 0 Å². The summed E-state index contributed by atoms with van der Waals surface area (Å²) in [6.07, 6.45) is 5.63. The van der Waals surface area contributed by atoms with Crippen LogP contribution in [-0.4, -0.2) is 24.4 Å². The summed E-state index contributed by atoms with van der Waals surface area (Å²) in [4.78, 5) is 22.3. The number of carbonyl (C=O) groups is 2. The molecule has 0 spiro atoms. The number of carbonyl (C=O) groups excluding carboxylic acids is 2. The highest BCUT2D eigenvalue weighted by atomic mass is 16.2. The van der Waals surface area contributed by atoms with Gasteiger partial charge in [-0.05, 0) is 38.5 Å². The van der Waals surface area contributed by atoms with E-state index in [0.29, 0.717) is 13.0 Å². The van der Waals surface area contributed by atoms with Gasteiger partial charge in [-0.15, -0.1) is 0 Å². The molecule has 0 saturated heterocycles. The first kappa shape index (κ1) is 14.0. The molecule has 0 aromatic heterocycles. The minimum atomic E-state index is -0.280. The molecule has 98 valence electrons. The van der Waals surface area contributed by atoms with Gasteiger partial charge in [-0.3, -0.25) is 9.59 Å². The molecule has 1 aliphatic rings. The zero-order valence-electron chi connectivity index (χ0n) is 10.3. The lowest BCUT2D eigenvalue weighted by molar-refractivity contribution is -0.126. The fourth-order valence-corrected chi connectivity index (χ4v) is 2.16. The Morgan fingerprint density at radius 3 is 2.35 bits per heavy atom. The van der Waals surface area contributed by atoms with Crippen LogP contribution in [0.15, 0.2) is 0 Å². The first-order valence-corrected chi connectivity index (χ1v) is 6.41. The lowest BCUT2D eigenvalue weighted by atomic mass is 9.86. The monoisotopic (exact) mass is 241 g/mol. The van der Waals surface area contributed by atoms with Crippen molar-refractivity contribution in [1.29, 1.82) is 0 Å². The molecule has 0 aliphatic heterocycles. The van der Waals surface area contributed by atoms with Crippen LogP contribution in [0.25, 0.3) is 0 Å². The second kappa shape index (κ2) is 7.27. The van der Waals surface area contributed by atoms with Gasteiger partial charge in [0, 0.05) is 24.9 Å². The molecule has 1 rings (SSSR count). The fourth-order valence-electron chi connectivity index (χ4n) is 2.16. The zero-order chi connectivity index (χ0) is 12.7. The quantitative estimate of drug-likeness (QED) is 0.582. The Bertz CT molecular complexity index is 260. The van der Waals surface area contributed by atoms with Crippen molar-refractivity contribution in [3.05, 3.63) is 0 Å². The molecule has 0 unspecified atom stereocenters. The number of nitrogens with one attached hydrogen (secondary N) is 1. The molecule has 0 aromatic rings. The summed E-state index contributed by atoms with van der Waals surface area (Å²) in [5.74, 6) is -0.0143. The van der Waals surface area contributed by atoms with Gasteiger partial charge in [-0.1, -0.05) is 0 Å². The first-order chi connectivity index (χ1) is 8.09. The maximum Gasteiger partial charge on any atom is 0.223 e. The summed E-state index contributed by atoms with van der Waals surface area (Å²) in [7, 11) is 0. The average Bonchev–Trinajstić information content (AvgIpc) is 2.29. The largest absolute Gasteiger partial charge is 0.370 e. The molecule has 0 heterocycles. The predicted octanol–water partition coefficient (Wildman–Crippen LogP) is 0.276. The topological polar surface area (TPSA) is 98.2 Å². The Morgan fingerprint density at radius 1 is 1.12 bits per heavy atom. The van der Waals surface area contributed by atoms with Crippen molar-refractivity contribution in [3.8, 4) is 0 Å². The van der Waals surface area contributed by atoms with Crippen LogP contribution in [0.2, 0.25) is 0 Å². The van der Waals surface area contributed by atoms with Crippen molar-refractivity contribution in [2.75, 3.05) is 6.54 Å². The smallest absolute Gasteiger partial charge is 0.223 e. The molecule has 17 heavy (non-hydrogen) atoms. The third-order valence-corrected chi connectivity index (χ3v) is 3.29. The number of primary amides is 1. The average molecular weight is 241 g/mol. The van der Waals surface area contributed by atoms with Gasteiger partial charge >= 0.3 is 0 Å². The van der Waals surface area contributed by atoms with Crippen LogP contribution in [0.4, 0.5) is 0 Å². The molecule has 0 radical (unpaired) electrons. The van der Waals surface area contributed by atoms with E-state index in [2.05, 4.69) is 5.32 Å². The molecule has 5 N–H and O–H groups in total. The summed E-state index contributed by atoms with van der Waals surface area (Å²) in [5.41, 5.74) is 10.8. The molecular formula is C12H23N3O2. The Kier molecular flexibility index (Phi) is 5.97. The van der Waals surface area contributed by atoms with Gasteiger partial charge in [0.05, 0.1) is 0 Å². The highest BCUT2D eigenvalue weighted by Gasteiger charge is 2.23. The molecule has 5 nitrogen and oxygen atoms in total. The molecule has 1 fully saturated rings. The minimum absolute atomic E-state index is 0.131. The zero-order valence-corrected chi connectivity index (χ0v) is 10.3. The van der Waals surface area contributed by atoms with Gasteiger partial charge in [-0.25, -0.2) is 0 Å². The minimum Gasteiger partial charge on any atom is -0.370 e. The summed E-state index contributed by atoms with van der Waals surface area (Å²) in [6.45, 7) is 0.634. The van der Waals surface area contributed by atoms with Crippen molar-refractivity contribution in [1.82, 2.24) is 5.32 Å². The van der Waals surface area contributed by atoms with E-state index in [1.54, 1.807) is 0 Å². The number of nitrogens with two attached hydrogens (primary N) is 2. The molecular weight excluding hydrogens is 218 g/mol. The highest BCUT2D eigenvalue weighted by molar-refractivity contribution is 5.78. The third kappa shape index (κ3) is 5.68. The summed E-state index contributed by atoms with van der Waals surface area (Å²) in [5, 5.41) is 2.91. The van der Waals surface area contributed by atoms with Crippen molar-refractivity contribution < 1.29 is 9.59 Å². The van der Waals surface area contributed by atoms with E-state index in [9.17, 15) is 9.59 Å². The summed E-state index contributed by atoms with van der Waals surface area (Å²) in [6, 6.07) is 0.273. The van der Waals surface area contributed by atoms with E-state index in [0.717, 1.165) is 38.5 Å². The van der Waals surface area contributed by atoms with Crippen molar-refractivity contribution >= 4 is 11.8 Å². The molecule has 0 aromatic carbocycles. The Hall–Kier alpha value is -1.10. The van der Waals surface area contributed by atoms with Gasteiger partial charge in [0.25, 0.3) is 0 Å². The molecule has 5 heteroatoms. The van der Waals surface area contributed by atoms with Crippen LogP contribution in [-0.2, 0) is 9.59 Å². The number of rotatable bonds is 6. The van der Waals surface area contributed by atoms with Gasteiger partial charge in [0.2, 0.25) is 11.8 Å². The number of amides is 2.